The molecule has 4 rings (SSSR count). The molecule has 0 unspecified atom stereocenters. The summed E-state index contributed by atoms with van der Waals surface area (Å²) in [7, 11) is -3.79. The van der Waals surface area contributed by atoms with Gasteiger partial charge in [0.05, 0.1) is 22.4 Å². The molecule has 1 saturated heterocycles. The average molecular weight is 318 g/mol. The zero-order chi connectivity index (χ0) is 15.6. The Bertz CT molecular complexity index is 782. The van der Waals surface area contributed by atoms with E-state index in [0.29, 0.717) is 5.69 Å². The molecule has 4 atom stereocenters. The van der Waals surface area contributed by atoms with Crippen LogP contribution in [0.25, 0.3) is 0 Å². The number of amides is 2. The minimum Gasteiger partial charge on any atom is -0.274 e. The van der Waals surface area contributed by atoms with E-state index in [1.54, 1.807) is 0 Å². The lowest BCUT2D eigenvalue weighted by Gasteiger charge is -2.17. The van der Waals surface area contributed by atoms with Crippen LogP contribution < -0.4 is 10.0 Å². The van der Waals surface area contributed by atoms with Gasteiger partial charge in [-0.25, -0.2) is 13.6 Å². The molecule has 1 aromatic carbocycles. The van der Waals surface area contributed by atoms with Gasteiger partial charge in [-0.1, -0.05) is 12.2 Å². The van der Waals surface area contributed by atoms with Crippen molar-refractivity contribution < 1.29 is 18.0 Å². The number of hydrogen-bond donors (Lipinski definition) is 1. The number of primary sulfonamides is 1. The van der Waals surface area contributed by atoms with Crippen LogP contribution in [0.3, 0.4) is 0 Å². The molecule has 2 aliphatic carbocycles. The molecule has 6 nitrogen and oxygen atoms in total. The van der Waals surface area contributed by atoms with E-state index in [0.717, 1.165) is 6.42 Å². The predicted octanol–water partition coefficient (Wildman–Crippen LogP) is 0.645. The first-order valence-corrected chi connectivity index (χ1v) is 8.61. The molecule has 2 fully saturated rings. The minimum atomic E-state index is -3.79. The molecule has 2 N–H and O–H groups in total. The van der Waals surface area contributed by atoms with Crippen molar-refractivity contribution in [1.82, 2.24) is 0 Å². The summed E-state index contributed by atoms with van der Waals surface area (Å²) in [6, 6.07) is 5.52. The number of sulfonamides is 1. The largest absolute Gasteiger partial charge is 0.274 e. The number of benzene rings is 1. The minimum absolute atomic E-state index is 0.0442. The zero-order valence-electron chi connectivity index (χ0n) is 11.5. The van der Waals surface area contributed by atoms with Crippen LogP contribution >= 0.6 is 0 Å². The molecule has 1 aromatic rings. The van der Waals surface area contributed by atoms with Gasteiger partial charge in [0, 0.05) is 0 Å². The van der Waals surface area contributed by atoms with E-state index in [-0.39, 0.29) is 40.4 Å². The number of carbonyl (C=O) groups is 2. The van der Waals surface area contributed by atoms with E-state index in [9.17, 15) is 18.0 Å². The number of carbonyl (C=O) groups excluding carboxylic acids is 2. The van der Waals surface area contributed by atoms with E-state index < -0.39 is 10.0 Å². The Balaban J connectivity index is 1.70. The summed E-state index contributed by atoms with van der Waals surface area (Å²) in [5.41, 5.74) is 0.399. The van der Waals surface area contributed by atoms with Gasteiger partial charge in [-0.15, -0.1) is 0 Å². The monoisotopic (exact) mass is 318 g/mol. The van der Waals surface area contributed by atoms with Crippen molar-refractivity contribution in [3.05, 3.63) is 36.4 Å². The lowest BCUT2D eigenvalue weighted by Crippen LogP contribution is -2.32. The second-order valence-electron chi connectivity index (χ2n) is 6.05. The van der Waals surface area contributed by atoms with Gasteiger partial charge in [0.25, 0.3) is 0 Å². The normalized spacial score (nSPS) is 32.9. The highest BCUT2D eigenvalue weighted by molar-refractivity contribution is 7.89. The number of anilines is 1. The van der Waals surface area contributed by atoms with Gasteiger partial charge < -0.3 is 0 Å². The Kier molecular flexibility index (Phi) is 2.65. The maximum atomic E-state index is 12.6. The summed E-state index contributed by atoms with van der Waals surface area (Å²) in [4.78, 5) is 26.3. The number of nitrogens with zero attached hydrogens (tertiary/aromatic N) is 1. The first-order chi connectivity index (χ1) is 10.4. The van der Waals surface area contributed by atoms with Crippen LogP contribution in [0, 0.1) is 23.7 Å². The summed E-state index contributed by atoms with van der Waals surface area (Å²) in [5.74, 6) is -0.591. The third-order valence-electron chi connectivity index (χ3n) is 4.89. The molecule has 114 valence electrons. The number of hydrogen-bond acceptors (Lipinski definition) is 4. The van der Waals surface area contributed by atoms with Crippen molar-refractivity contribution in [3.8, 4) is 0 Å². The molecule has 7 heteroatoms. The van der Waals surface area contributed by atoms with Gasteiger partial charge in [0.15, 0.2) is 0 Å². The summed E-state index contributed by atoms with van der Waals surface area (Å²) < 4.78 is 22.5. The third kappa shape index (κ3) is 1.72. The van der Waals surface area contributed by atoms with Crippen LogP contribution in [0.15, 0.2) is 41.3 Å². The van der Waals surface area contributed by atoms with Gasteiger partial charge in [0.1, 0.15) is 0 Å². The predicted molar refractivity (Wildman–Crippen MR) is 78.0 cm³/mol. The molecule has 0 radical (unpaired) electrons. The zero-order valence-corrected chi connectivity index (χ0v) is 12.4. The van der Waals surface area contributed by atoms with Crippen LogP contribution in [0.1, 0.15) is 6.42 Å². The average Bonchev–Trinajstić information content (AvgIpc) is 3.12. The Morgan fingerprint density at radius 3 is 1.91 bits per heavy atom. The van der Waals surface area contributed by atoms with Gasteiger partial charge in [-0.3, -0.25) is 14.5 Å². The Labute approximate surface area is 127 Å². The fourth-order valence-corrected chi connectivity index (χ4v) is 4.46. The van der Waals surface area contributed by atoms with Crippen LogP contribution in [-0.2, 0) is 19.6 Å². The van der Waals surface area contributed by atoms with Crippen molar-refractivity contribution in [2.45, 2.75) is 11.3 Å². The van der Waals surface area contributed by atoms with Gasteiger partial charge in [-0.2, -0.15) is 0 Å². The highest BCUT2D eigenvalue weighted by Crippen LogP contribution is 2.53. The first-order valence-electron chi connectivity index (χ1n) is 7.07. The topological polar surface area (TPSA) is 97.5 Å². The van der Waals surface area contributed by atoms with Gasteiger partial charge >= 0.3 is 0 Å². The van der Waals surface area contributed by atoms with Crippen molar-refractivity contribution in [2.75, 3.05) is 4.90 Å². The van der Waals surface area contributed by atoms with Crippen molar-refractivity contribution >= 4 is 27.5 Å². The Morgan fingerprint density at radius 1 is 0.955 bits per heavy atom. The second-order valence-corrected chi connectivity index (χ2v) is 7.61. The summed E-state index contributed by atoms with van der Waals surface area (Å²) in [6.07, 6.45) is 4.94. The summed E-state index contributed by atoms with van der Waals surface area (Å²) in [6.45, 7) is 0. The summed E-state index contributed by atoms with van der Waals surface area (Å²) in [5, 5.41) is 5.05. The molecule has 1 heterocycles. The van der Waals surface area contributed by atoms with E-state index >= 15 is 0 Å². The number of rotatable bonds is 2. The van der Waals surface area contributed by atoms with Crippen molar-refractivity contribution in [1.29, 1.82) is 0 Å². The molecular weight excluding hydrogens is 304 g/mol. The molecule has 22 heavy (non-hydrogen) atoms. The van der Waals surface area contributed by atoms with Crippen molar-refractivity contribution in [3.63, 3.8) is 0 Å². The maximum Gasteiger partial charge on any atom is 0.238 e. The van der Waals surface area contributed by atoms with E-state index in [2.05, 4.69) is 0 Å². The fourth-order valence-electron chi connectivity index (χ4n) is 3.94. The smallest absolute Gasteiger partial charge is 0.238 e. The molecule has 1 saturated carbocycles. The number of allylic oxidation sites excluding steroid dienone is 2. The number of imide groups is 1. The first kappa shape index (κ1) is 13.7. The molecule has 3 aliphatic rings. The van der Waals surface area contributed by atoms with E-state index in [4.69, 9.17) is 5.14 Å². The van der Waals surface area contributed by atoms with Gasteiger partial charge in [-0.05, 0) is 42.5 Å². The maximum absolute atomic E-state index is 12.6. The number of fused-ring (bicyclic) bond motifs is 5. The Hall–Kier alpha value is -1.99. The van der Waals surface area contributed by atoms with E-state index in [1.165, 1.54) is 29.2 Å². The lowest BCUT2D eigenvalue weighted by molar-refractivity contribution is -0.123. The Morgan fingerprint density at radius 2 is 1.45 bits per heavy atom. The molecule has 0 aromatic heterocycles. The quantitative estimate of drug-likeness (QED) is 0.639. The standard InChI is InChI=1S/C15H14N2O4S/c16-22(20,21)11-5-3-10(4-6-11)17-14(18)12-8-1-2-9(7-8)13(12)15(17)19/h1-6,8-9,12-13H,7H2,(H2,16,20,21)/t8-,9+,12-,13-/m0/s1. The molecule has 2 amide bonds. The van der Waals surface area contributed by atoms with Crippen LogP contribution in [0.5, 0.6) is 0 Å². The fraction of sp³-hybridized carbons (Fsp3) is 0.333. The molecular formula is C15H14N2O4S. The van der Waals surface area contributed by atoms with Gasteiger partial charge in [0.2, 0.25) is 21.8 Å². The van der Waals surface area contributed by atoms with Crippen molar-refractivity contribution in [2.24, 2.45) is 28.8 Å². The highest BCUT2D eigenvalue weighted by atomic mass is 32.2. The summed E-state index contributed by atoms with van der Waals surface area (Å²) >= 11 is 0. The SMILES string of the molecule is NS(=O)(=O)c1ccc(N2C(=O)[C@@H]3[C@@H](C2=O)[C@H]2C=C[C@@H]3C2)cc1. The van der Waals surface area contributed by atoms with Crippen LogP contribution in [0.2, 0.25) is 0 Å². The molecule has 1 aliphatic heterocycles. The third-order valence-corrected chi connectivity index (χ3v) is 5.82. The molecule has 0 spiro atoms. The highest BCUT2D eigenvalue weighted by Gasteiger charge is 2.59. The van der Waals surface area contributed by atoms with Crippen LogP contribution in [0.4, 0.5) is 5.69 Å². The number of nitrogens with two attached hydrogens (primary N) is 1. The van der Waals surface area contributed by atoms with Crippen LogP contribution in [-0.4, -0.2) is 20.2 Å². The lowest BCUT2D eigenvalue weighted by atomic mass is 9.85. The molecule has 2 bridgehead atoms. The van der Waals surface area contributed by atoms with E-state index in [1.807, 2.05) is 12.2 Å². The second kappa shape index (κ2) is 4.27.